The molecule has 0 aliphatic rings. The standard InChI is InChI=1S/C12H22N4S2/c1-9-11(18-10(2)16-9)5-6-14-12(13-3)15-7-8-17-4/h5-8H2,1-4H3,(H2,13,14,15). The van der Waals surface area contributed by atoms with Gasteiger partial charge in [0, 0.05) is 37.2 Å². The van der Waals surface area contributed by atoms with E-state index in [0.29, 0.717) is 0 Å². The minimum absolute atomic E-state index is 0.878. The average molecular weight is 286 g/mol. The van der Waals surface area contributed by atoms with Gasteiger partial charge in [-0.2, -0.15) is 11.8 Å². The first-order valence-corrected chi connectivity index (χ1v) is 8.24. The average Bonchev–Trinajstić information content (AvgIpc) is 2.66. The Hall–Kier alpha value is -0.750. The van der Waals surface area contributed by atoms with E-state index in [1.165, 1.54) is 4.88 Å². The zero-order valence-corrected chi connectivity index (χ0v) is 13.2. The first-order valence-electron chi connectivity index (χ1n) is 6.03. The van der Waals surface area contributed by atoms with Crippen molar-refractivity contribution in [1.82, 2.24) is 15.6 Å². The molecule has 0 atom stereocenters. The number of guanidine groups is 1. The highest BCUT2D eigenvalue weighted by atomic mass is 32.2. The van der Waals surface area contributed by atoms with Crippen molar-refractivity contribution in [3.63, 3.8) is 0 Å². The van der Waals surface area contributed by atoms with Crippen LogP contribution in [0, 0.1) is 13.8 Å². The van der Waals surface area contributed by atoms with Gasteiger partial charge in [0.25, 0.3) is 0 Å². The molecule has 0 spiro atoms. The smallest absolute Gasteiger partial charge is 0.191 e. The molecule has 0 radical (unpaired) electrons. The summed E-state index contributed by atoms with van der Waals surface area (Å²) in [7, 11) is 1.80. The minimum atomic E-state index is 0.878. The number of nitrogens with zero attached hydrogens (tertiary/aromatic N) is 2. The van der Waals surface area contributed by atoms with E-state index in [0.717, 1.165) is 41.9 Å². The van der Waals surface area contributed by atoms with E-state index < -0.39 is 0 Å². The van der Waals surface area contributed by atoms with Gasteiger partial charge in [-0.15, -0.1) is 11.3 Å². The number of aliphatic imine (C=N–C) groups is 1. The number of aromatic nitrogens is 1. The first-order chi connectivity index (χ1) is 8.67. The number of thiazole rings is 1. The van der Waals surface area contributed by atoms with Crippen LogP contribution in [0.15, 0.2) is 4.99 Å². The number of thioether (sulfide) groups is 1. The van der Waals surface area contributed by atoms with Crippen molar-refractivity contribution in [2.45, 2.75) is 20.3 Å². The SMILES string of the molecule is CN=C(NCCSC)NCCc1sc(C)nc1C. The molecule has 1 aromatic rings. The van der Waals surface area contributed by atoms with Crippen molar-refractivity contribution in [2.75, 3.05) is 32.1 Å². The summed E-state index contributed by atoms with van der Waals surface area (Å²) in [5, 5.41) is 7.75. The van der Waals surface area contributed by atoms with Crippen molar-refractivity contribution in [3.05, 3.63) is 15.6 Å². The fourth-order valence-electron chi connectivity index (χ4n) is 1.59. The Bertz CT molecular complexity index is 387. The van der Waals surface area contributed by atoms with Gasteiger partial charge in [-0.1, -0.05) is 0 Å². The molecule has 1 heterocycles. The topological polar surface area (TPSA) is 49.3 Å². The van der Waals surface area contributed by atoms with E-state index in [2.05, 4.69) is 40.7 Å². The fraction of sp³-hybridized carbons (Fsp3) is 0.667. The maximum atomic E-state index is 4.43. The molecule has 0 fully saturated rings. The van der Waals surface area contributed by atoms with Crippen LogP contribution < -0.4 is 10.6 Å². The summed E-state index contributed by atoms with van der Waals surface area (Å²) in [5.74, 6) is 1.97. The third-order valence-electron chi connectivity index (χ3n) is 2.47. The second-order valence-electron chi connectivity index (χ2n) is 3.91. The van der Waals surface area contributed by atoms with Gasteiger partial charge in [-0.05, 0) is 20.1 Å². The number of hydrogen-bond donors (Lipinski definition) is 2. The second-order valence-corrected chi connectivity index (χ2v) is 6.18. The molecule has 4 nitrogen and oxygen atoms in total. The monoisotopic (exact) mass is 286 g/mol. The quantitative estimate of drug-likeness (QED) is 0.476. The van der Waals surface area contributed by atoms with Gasteiger partial charge in [0.1, 0.15) is 0 Å². The number of nitrogens with one attached hydrogen (secondary N) is 2. The number of rotatable bonds is 6. The highest BCUT2D eigenvalue weighted by molar-refractivity contribution is 7.98. The zero-order valence-electron chi connectivity index (χ0n) is 11.5. The van der Waals surface area contributed by atoms with Gasteiger partial charge in [-0.3, -0.25) is 4.99 Å². The molecule has 102 valence electrons. The third kappa shape index (κ3) is 5.27. The summed E-state index contributed by atoms with van der Waals surface area (Å²) in [6, 6.07) is 0. The molecular formula is C12H22N4S2. The molecule has 0 saturated carbocycles. The predicted octanol–water partition coefficient (Wildman–Crippen LogP) is 1.83. The van der Waals surface area contributed by atoms with Crippen molar-refractivity contribution >= 4 is 29.1 Å². The van der Waals surface area contributed by atoms with E-state index >= 15 is 0 Å². The van der Waals surface area contributed by atoms with Crippen LogP contribution in [0.1, 0.15) is 15.6 Å². The lowest BCUT2D eigenvalue weighted by Gasteiger charge is -2.10. The summed E-state index contributed by atoms with van der Waals surface area (Å²) in [5.41, 5.74) is 1.16. The molecule has 1 rings (SSSR count). The Kier molecular flexibility index (Phi) is 7.12. The molecule has 0 unspecified atom stereocenters. The largest absolute Gasteiger partial charge is 0.356 e. The number of hydrogen-bond acceptors (Lipinski definition) is 4. The Labute approximate surface area is 118 Å². The van der Waals surface area contributed by atoms with Crippen molar-refractivity contribution in [3.8, 4) is 0 Å². The molecule has 2 N–H and O–H groups in total. The van der Waals surface area contributed by atoms with Crippen molar-refractivity contribution in [1.29, 1.82) is 0 Å². The maximum Gasteiger partial charge on any atom is 0.191 e. The molecule has 1 aromatic heterocycles. The second kappa shape index (κ2) is 8.37. The molecule has 0 amide bonds. The van der Waals surface area contributed by atoms with E-state index in [1.54, 1.807) is 18.4 Å². The van der Waals surface area contributed by atoms with E-state index in [1.807, 2.05) is 11.8 Å². The Morgan fingerprint density at radius 2 is 2.06 bits per heavy atom. The van der Waals surface area contributed by atoms with Crippen LogP contribution >= 0.6 is 23.1 Å². The van der Waals surface area contributed by atoms with Gasteiger partial charge < -0.3 is 10.6 Å². The molecule has 0 aromatic carbocycles. The van der Waals surface area contributed by atoms with Crippen LogP contribution in [0.3, 0.4) is 0 Å². The molecule has 0 aliphatic carbocycles. The van der Waals surface area contributed by atoms with Crippen LogP contribution in [0.2, 0.25) is 0 Å². The lowest BCUT2D eigenvalue weighted by molar-refractivity contribution is 0.814. The predicted molar refractivity (Wildman–Crippen MR) is 83.0 cm³/mol. The highest BCUT2D eigenvalue weighted by Gasteiger charge is 2.04. The lowest BCUT2D eigenvalue weighted by Crippen LogP contribution is -2.39. The van der Waals surface area contributed by atoms with Crippen LogP contribution in [-0.4, -0.2) is 43.1 Å². The van der Waals surface area contributed by atoms with Gasteiger partial charge in [0.2, 0.25) is 0 Å². The minimum Gasteiger partial charge on any atom is -0.356 e. The highest BCUT2D eigenvalue weighted by Crippen LogP contribution is 2.16. The van der Waals surface area contributed by atoms with E-state index in [9.17, 15) is 0 Å². The maximum absolute atomic E-state index is 4.43. The van der Waals surface area contributed by atoms with Crippen LogP contribution in [-0.2, 0) is 6.42 Å². The summed E-state index contributed by atoms with van der Waals surface area (Å²) in [6.45, 7) is 5.96. The van der Waals surface area contributed by atoms with Crippen LogP contribution in [0.5, 0.6) is 0 Å². The molecule has 0 aliphatic heterocycles. The first kappa shape index (κ1) is 15.3. The zero-order chi connectivity index (χ0) is 13.4. The summed E-state index contributed by atoms with van der Waals surface area (Å²) in [4.78, 5) is 9.98. The molecule has 0 saturated heterocycles. The Balaban J connectivity index is 2.29. The Morgan fingerprint density at radius 3 is 2.61 bits per heavy atom. The van der Waals surface area contributed by atoms with Crippen LogP contribution in [0.25, 0.3) is 0 Å². The van der Waals surface area contributed by atoms with E-state index in [4.69, 9.17) is 0 Å². The van der Waals surface area contributed by atoms with Gasteiger partial charge in [0.15, 0.2) is 5.96 Å². The summed E-state index contributed by atoms with van der Waals surface area (Å²) in [6.07, 6.45) is 3.10. The van der Waals surface area contributed by atoms with Gasteiger partial charge in [0.05, 0.1) is 10.7 Å². The van der Waals surface area contributed by atoms with Crippen molar-refractivity contribution < 1.29 is 0 Å². The van der Waals surface area contributed by atoms with Gasteiger partial charge in [-0.25, -0.2) is 4.98 Å². The van der Waals surface area contributed by atoms with Crippen molar-refractivity contribution in [2.24, 2.45) is 4.99 Å². The Morgan fingerprint density at radius 1 is 1.33 bits per heavy atom. The molecular weight excluding hydrogens is 264 g/mol. The van der Waals surface area contributed by atoms with E-state index in [-0.39, 0.29) is 0 Å². The molecule has 0 bridgehead atoms. The fourth-order valence-corrected chi connectivity index (χ4v) is 2.83. The molecule has 18 heavy (non-hydrogen) atoms. The van der Waals surface area contributed by atoms with Gasteiger partial charge >= 0.3 is 0 Å². The third-order valence-corrected chi connectivity index (χ3v) is 4.21. The van der Waals surface area contributed by atoms with Crippen LogP contribution in [0.4, 0.5) is 0 Å². The summed E-state index contributed by atoms with van der Waals surface area (Å²) >= 11 is 3.61. The number of aryl methyl sites for hydroxylation is 2. The normalized spacial score (nSPS) is 11.7. The molecule has 6 heteroatoms. The lowest BCUT2D eigenvalue weighted by atomic mass is 10.3. The summed E-state index contributed by atoms with van der Waals surface area (Å²) < 4.78 is 0.